The molecule has 2 aliphatic rings. The Kier molecular flexibility index (Phi) is 6.44. The second-order valence-corrected chi connectivity index (χ2v) is 7.90. The van der Waals surface area contributed by atoms with Crippen molar-refractivity contribution in [2.75, 3.05) is 75.3 Å². The van der Waals surface area contributed by atoms with Crippen molar-refractivity contribution in [3.05, 3.63) is 47.5 Å². The fourth-order valence-corrected chi connectivity index (χ4v) is 4.12. The van der Waals surface area contributed by atoms with Gasteiger partial charge in [0.05, 0.1) is 6.61 Å². The molecule has 0 atom stereocenters. The lowest BCUT2D eigenvalue weighted by atomic mass is 10.1. The maximum atomic E-state index is 12.8. The molecule has 0 unspecified atom stereocenters. The van der Waals surface area contributed by atoms with Gasteiger partial charge in [0.25, 0.3) is 5.91 Å². The third kappa shape index (κ3) is 4.55. The van der Waals surface area contributed by atoms with Crippen molar-refractivity contribution in [2.45, 2.75) is 6.92 Å². The zero-order chi connectivity index (χ0) is 20.9. The molecule has 0 aliphatic carbocycles. The van der Waals surface area contributed by atoms with Gasteiger partial charge in [-0.05, 0) is 30.7 Å². The first kappa shape index (κ1) is 20.6. The van der Waals surface area contributed by atoms with Crippen LogP contribution in [0.2, 0.25) is 0 Å². The molecule has 2 aromatic rings. The average molecular weight is 411 g/mol. The van der Waals surface area contributed by atoms with Gasteiger partial charge in [-0.1, -0.05) is 18.2 Å². The van der Waals surface area contributed by atoms with E-state index in [2.05, 4.69) is 24.9 Å². The number of nitrogens with zero attached hydrogens (tertiary/aromatic N) is 6. The number of rotatable bonds is 5. The summed E-state index contributed by atoms with van der Waals surface area (Å²) in [7, 11) is 0. The van der Waals surface area contributed by atoms with Crippen LogP contribution < -0.4 is 9.80 Å². The van der Waals surface area contributed by atoms with E-state index in [4.69, 9.17) is 5.11 Å². The highest BCUT2D eigenvalue weighted by Crippen LogP contribution is 2.19. The Labute approximate surface area is 177 Å². The zero-order valence-electron chi connectivity index (χ0n) is 17.6. The summed E-state index contributed by atoms with van der Waals surface area (Å²) in [5, 5.41) is 18.0. The molecule has 8 heteroatoms. The molecule has 160 valence electrons. The van der Waals surface area contributed by atoms with Gasteiger partial charge in [-0.3, -0.25) is 9.69 Å². The van der Waals surface area contributed by atoms with Crippen molar-refractivity contribution >= 4 is 17.5 Å². The lowest BCUT2D eigenvalue weighted by Crippen LogP contribution is -2.49. The van der Waals surface area contributed by atoms with Crippen LogP contribution in [-0.4, -0.2) is 96.5 Å². The number of piperazine rings is 2. The van der Waals surface area contributed by atoms with E-state index >= 15 is 0 Å². The van der Waals surface area contributed by atoms with Gasteiger partial charge in [0, 0.05) is 64.5 Å². The van der Waals surface area contributed by atoms with Gasteiger partial charge in [-0.15, -0.1) is 10.2 Å². The van der Waals surface area contributed by atoms with Crippen molar-refractivity contribution < 1.29 is 9.90 Å². The SMILES string of the molecule is Cc1ccccc1C(=O)N1CCN(c2ccc(N3CCN(CCO)CC3)nn2)CC1. The van der Waals surface area contributed by atoms with Crippen LogP contribution in [0.5, 0.6) is 0 Å². The topological polar surface area (TPSA) is 76.0 Å². The lowest BCUT2D eigenvalue weighted by Gasteiger charge is -2.36. The maximum absolute atomic E-state index is 12.8. The van der Waals surface area contributed by atoms with Crippen LogP contribution in [0.3, 0.4) is 0 Å². The summed E-state index contributed by atoms with van der Waals surface area (Å²) in [4.78, 5) is 21.4. The van der Waals surface area contributed by atoms with Crippen molar-refractivity contribution in [3.63, 3.8) is 0 Å². The quantitative estimate of drug-likeness (QED) is 0.784. The predicted octanol–water partition coefficient (Wildman–Crippen LogP) is 0.862. The highest BCUT2D eigenvalue weighted by molar-refractivity contribution is 5.95. The molecule has 1 aromatic carbocycles. The number of aliphatic hydroxyl groups excluding tert-OH is 1. The first-order valence-corrected chi connectivity index (χ1v) is 10.7. The van der Waals surface area contributed by atoms with Crippen molar-refractivity contribution in [2.24, 2.45) is 0 Å². The van der Waals surface area contributed by atoms with Crippen LogP contribution >= 0.6 is 0 Å². The molecule has 2 aliphatic heterocycles. The van der Waals surface area contributed by atoms with Gasteiger partial charge < -0.3 is 19.8 Å². The first-order valence-electron chi connectivity index (χ1n) is 10.7. The second-order valence-electron chi connectivity index (χ2n) is 7.90. The molecule has 0 saturated carbocycles. The summed E-state index contributed by atoms with van der Waals surface area (Å²) in [5.74, 6) is 1.87. The first-order chi connectivity index (χ1) is 14.7. The van der Waals surface area contributed by atoms with Gasteiger partial charge in [-0.2, -0.15) is 0 Å². The molecule has 3 heterocycles. The molecule has 4 rings (SSSR count). The maximum Gasteiger partial charge on any atom is 0.254 e. The van der Waals surface area contributed by atoms with E-state index in [1.807, 2.05) is 48.2 Å². The molecule has 0 radical (unpaired) electrons. The summed E-state index contributed by atoms with van der Waals surface area (Å²) >= 11 is 0. The number of hydrogen-bond donors (Lipinski definition) is 1. The van der Waals surface area contributed by atoms with E-state index in [1.165, 1.54) is 0 Å². The number of carbonyl (C=O) groups is 1. The van der Waals surface area contributed by atoms with Crippen LogP contribution in [0.4, 0.5) is 11.6 Å². The number of hydrogen-bond acceptors (Lipinski definition) is 7. The fraction of sp³-hybridized carbons (Fsp3) is 0.500. The third-order valence-corrected chi connectivity index (χ3v) is 6.02. The smallest absolute Gasteiger partial charge is 0.254 e. The Hall–Kier alpha value is -2.71. The average Bonchev–Trinajstić information content (AvgIpc) is 2.80. The summed E-state index contributed by atoms with van der Waals surface area (Å²) in [6.45, 7) is 9.45. The van der Waals surface area contributed by atoms with E-state index < -0.39 is 0 Å². The molecular weight excluding hydrogens is 380 g/mol. The highest BCUT2D eigenvalue weighted by atomic mass is 16.3. The van der Waals surface area contributed by atoms with E-state index in [1.54, 1.807) is 0 Å². The van der Waals surface area contributed by atoms with Crippen LogP contribution in [0.25, 0.3) is 0 Å². The molecule has 2 fully saturated rings. The summed E-state index contributed by atoms with van der Waals surface area (Å²) in [6.07, 6.45) is 0. The standard InChI is InChI=1S/C22H30N6O2/c1-18-4-2-3-5-19(18)22(30)28-14-12-27(13-15-28)21-7-6-20(23-24-21)26-10-8-25(9-11-26)16-17-29/h2-7,29H,8-17H2,1H3. The molecule has 0 bridgehead atoms. The minimum atomic E-state index is 0.106. The highest BCUT2D eigenvalue weighted by Gasteiger charge is 2.24. The van der Waals surface area contributed by atoms with Crippen molar-refractivity contribution in [1.29, 1.82) is 0 Å². The molecule has 1 amide bonds. The Morgan fingerprint density at radius 1 is 0.867 bits per heavy atom. The van der Waals surface area contributed by atoms with E-state index in [-0.39, 0.29) is 12.5 Å². The van der Waals surface area contributed by atoms with E-state index in [0.717, 1.165) is 68.6 Å². The van der Waals surface area contributed by atoms with Gasteiger partial charge >= 0.3 is 0 Å². The minimum Gasteiger partial charge on any atom is -0.395 e. The molecular formula is C22H30N6O2. The number of amides is 1. The number of anilines is 2. The zero-order valence-corrected chi connectivity index (χ0v) is 17.6. The molecule has 30 heavy (non-hydrogen) atoms. The van der Waals surface area contributed by atoms with Crippen LogP contribution in [-0.2, 0) is 0 Å². The van der Waals surface area contributed by atoms with Gasteiger partial charge in [0.15, 0.2) is 11.6 Å². The monoisotopic (exact) mass is 410 g/mol. The van der Waals surface area contributed by atoms with Gasteiger partial charge in [-0.25, -0.2) is 0 Å². The largest absolute Gasteiger partial charge is 0.395 e. The van der Waals surface area contributed by atoms with E-state index in [0.29, 0.717) is 13.1 Å². The van der Waals surface area contributed by atoms with Gasteiger partial charge in [0.2, 0.25) is 0 Å². The molecule has 0 spiro atoms. The summed E-state index contributed by atoms with van der Waals surface area (Å²) < 4.78 is 0. The third-order valence-electron chi connectivity index (χ3n) is 6.02. The Balaban J connectivity index is 1.31. The number of carbonyl (C=O) groups excluding carboxylic acids is 1. The fourth-order valence-electron chi connectivity index (χ4n) is 4.12. The number of β-amino-alcohol motifs (C(OH)–C–C–N with tert-alkyl or cyclic N) is 1. The second kappa shape index (κ2) is 9.40. The minimum absolute atomic E-state index is 0.106. The number of benzene rings is 1. The Morgan fingerprint density at radius 2 is 1.43 bits per heavy atom. The van der Waals surface area contributed by atoms with Gasteiger partial charge in [0.1, 0.15) is 0 Å². The molecule has 8 nitrogen and oxygen atoms in total. The van der Waals surface area contributed by atoms with Crippen LogP contribution in [0, 0.1) is 6.92 Å². The number of aryl methyl sites for hydroxylation is 1. The van der Waals surface area contributed by atoms with Crippen LogP contribution in [0.15, 0.2) is 36.4 Å². The molecule has 1 aromatic heterocycles. The Bertz CT molecular complexity index is 843. The molecule has 1 N–H and O–H groups in total. The van der Waals surface area contributed by atoms with Crippen molar-refractivity contribution in [1.82, 2.24) is 20.0 Å². The number of aliphatic hydroxyl groups is 1. The Morgan fingerprint density at radius 3 is 1.97 bits per heavy atom. The lowest BCUT2D eigenvalue weighted by molar-refractivity contribution is 0.0745. The summed E-state index contributed by atoms with van der Waals surface area (Å²) in [5.41, 5.74) is 1.80. The normalized spacial score (nSPS) is 18.0. The number of aromatic nitrogens is 2. The van der Waals surface area contributed by atoms with Crippen molar-refractivity contribution in [3.8, 4) is 0 Å². The molecule has 2 saturated heterocycles. The predicted molar refractivity (Wildman–Crippen MR) is 117 cm³/mol. The van der Waals surface area contributed by atoms with Crippen LogP contribution in [0.1, 0.15) is 15.9 Å². The summed E-state index contributed by atoms with van der Waals surface area (Å²) in [6, 6.07) is 11.8. The van der Waals surface area contributed by atoms with E-state index in [9.17, 15) is 4.79 Å².